The van der Waals surface area contributed by atoms with Gasteiger partial charge in [-0.05, 0) is 24.3 Å². The van der Waals surface area contributed by atoms with Gasteiger partial charge >= 0.3 is 0 Å². The van der Waals surface area contributed by atoms with Crippen LogP contribution in [0.3, 0.4) is 0 Å². The van der Waals surface area contributed by atoms with E-state index in [0.717, 1.165) is 17.1 Å². The molecule has 0 bridgehead atoms. The number of carbonyl (C=O) groups is 1. The van der Waals surface area contributed by atoms with Crippen molar-refractivity contribution in [2.24, 2.45) is 0 Å². The zero-order chi connectivity index (χ0) is 18.5. The highest BCUT2D eigenvalue weighted by molar-refractivity contribution is 7.99. The molecule has 1 aliphatic rings. The van der Waals surface area contributed by atoms with E-state index in [1.807, 2.05) is 17.8 Å². The van der Waals surface area contributed by atoms with Crippen LogP contribution in [0.25, 0.3) is 11.3 Å². The maximum absolute atomic E-state index is 12.4. The van der Waals surface area contributed by atoms with E-state index in [1.165, 1.54) is 10.7 Å². The molecule has 1 amide bonds. The highest BCUT2D eigenvalue weighted by Crippen LogP contribution is 2.31. The van der Waals surface area contributed by atoms with Crippen LogP contribution in [0.4, 0.5) is 0 Å². The second-order valence-corrected chi connectivity index (χ2v) is 7.00. The molecule has 0 unspecified atom stereocenters. The van der Waals surface area contributed by atoms with Crippen molar-refractivity contribution in [3.05, 3.63) is 40.7 Å². The quantitative estimate of drug-likeness (QED) is 0.789. The minimum absolute atomic E-state index is 0.0510. The molecular formula is C18H21N3O4S. The predicted octanol–water partition coefficient (Wildman–Crippen LogP) is 1.50. The van der Waals surface area contributed by atoms with Crippen molar-refractivity contribution in [2.45, 2.75) is 6.54 Å². The Morgan fingerprint density at radius 3 is 2.54 bits per heavy atom. The molecule has 2 heterocycles. The first-order valence-electron chi connectivity index (χ1n) is 8.28. The van der Waals surface area contributed by atoms with Crippen molar-refractivity contribution < 1.29 is 14.3 Å². The lowest BCUT2D eigenvalue weighted by atomic mass is 10.1. The van der Waals surface area contributed by atoms with Gasteiger partial charge < -0.3 is 14.4 Å². The molecule has 1 aliphatic heterocycles. The van der Waals surface area contributed by atoms with Crippen molar-refractivity contribution >= 4 is 17.7 Å². The van der Waals surface area contributed by atoms with Gasteiger partial charge in [-0.25, -0.2) is 4.68 Å². The topological polar surface area (TPSA) is 73.7 Å². The van der Waals surface area contributed by atoms with E-state index in [9.17, 15) is 9.59 Å². The van der Waals surface area contributed by atoms with Crippen LogP contribution >= 0.6 is 11.8 Å². The summed E-state index contributed by atoms with van der Waals surface area (Å²) in [7, 11) is 3.13. The van der Waals surface area contributed by atoms with E-state index in [4.69, 9.17) is 9.47 Å². The number of ether oxygens (including phenoxy) is 2. The lowest BCUT2D eigenvalue weighted by molar-refractivity contribution is -0.131. The molecule has 1 fully saturated rings. The number of hydrogen-bond donors (Lipinski definition) is 0. The lowest BCUT2D eigenvalue weighted by Crippen LogP contribution is -2.41. The summed E-state index contributed by atoms with van der Waals surface area (Å²) in [4.78, 5) is 26.3. The summed E-state index contributed by atoms with van der Waals surface area (Å²) >= 11 is 1.83. The molecule has 0 spiro atoms. The summed E-state index contributed by atoms with van der Waals surface area (Å²) in [6, 6.07) is 8.48. The Labute approximate surface area is 155 Å². The Balaban J connectivity index is 1.85. The number of thioether (sulfide) groups is 1. The molecule has 0 saturated carbocycles. The second-order valence-electron chi connectivity index (χ2n) is 5.78. The molecule has 0 atom stereocenters. The molecular weight excluding hydrogens is 354 g/mol. The van der Waals surface area contributed by atoms with Crippen LogP contribution in [-0.2, 0) is 11.3 Å². The van der Waals surface area contributed by atoms with Crippen LogP contribution in [0.2, 0.25) is 0 Å². The fraction of sp³-hybridized carbons (Fsp3) is 0.389. The van der Waals surface area contributed by atoms with Crippen LogP contribution in [-0.4, -0.2) is 59.4 Å². The Kier molecular flexibility index (Phi) is 5.82. The standard InChI is InChI=1S/C18H21N3O4S/c1-24-15-5-3-13(11-16(15)25-2)14-4-6-17(22)21(19-14)12-18(23)20-7-9-26-10-8-20/h3-6,11H,7-10,12H2,1-2H3. The normalized spacial score (nSPS) is 14.2. The average molecular weight is 375 g/mol. The fourth-order valence-electron chi connectivity index (χ4n) is 2.75. The zero-order valence-electron chi connectivity index (χ0n) is 14.8. The Morgan fingerprint density at radius 1 is 1.12 bits per heavy atom. The monoisotopic (exact) mass is 375 g/mol. The van der Waals surface area contributed by atoms with Crippen molar-refractivity contribution in [2.75, 3.05) is 38.8 Å². The van der Waals surface area contributed by atoms with Gasteiger partial charge in [0.25, 0.3) is 5.56 Å². The van der Waals surface area contributed by atoms with Gasteiger partial charge in [0.05, 0.1) is 19.9 Å². The minimum Gasteiger partial charge on any atom is -0.493 e. The molecule has 1 aromatic heterocycles. The van der Waals surface area contributed by atoms with E-state index < -0.39 is 0 Å². The molecule has 1 aromatic carbocycles. The van der Waals surface area contributed by atoms with Crippen molar-refractivity contribution in [3.8, 4) is 22.8 Å². The Bertz CT molecular complexity index is 847. The number of aromatic nitrogens is 2. The molecule has 2 aromatic rings. The number of benzene rings is 1. The number of hydrogen-bond acceptors (Lipinski definition) is 6. The smallest absolute Gasteiger partial charge is 0.267 e. The van der Waals surface area contributed by atoms with E-state index in [-0.39, 0.29) is 18.0 Å². The number of rotatable bonds is 5. The van der Waals surface area contributed by atoms with Gasteiger partial charge in [0, 0.05) is 36.2 Å². The SMILES string of the molecule is COc1ccc(-c2ccc(=O)n(CC(=O)N3CCSCC3)n2)cc1OC. The van der Waals surface area contributed by atoms with Crippen LogP contribution in [0.5, 0.6) is 11.5 Å². The molecule has 0 aliphatic carbocycles. The van der Waals surface area contributed by atoms with Gasteiger partial charge in [0.15, 0.2) is 11.5 Å². The van der Waals surface area contributed by atoms with Gasteiger partial charge in [-0.3, -0.25) is 9.59 Å². The van der Waals surface area contributed by atoms with Crippen molar-refractivity contribution in [1.82, 2.24) is 14.7 Å². The molecule has 7 nitrogen and oxygen atoms in total. The van der Waals surface area contributed by atoms with E-state index in [1.54, 1.807) is 37.3 Å². The third kappa shape index (κ3) is 4.01. The lowest BCUT2D eigenvalue weighted by Gasteiger charge is -2.26. The largest absolute Gasteiger partial charge is 0.493 e. The summed E-state index contributed by atoms with van der Waals surface area (Å²) in [6.07, 6.45) is 0. The summed E-state index contributed by atoms with van der Waals surface area (Å²) in [6.45, 7) is 1.38. The maximum atomic E-state index is 12.4. The Morgan fingerprint density at radius 2 is 1.85 bits per heavy atom. The third-order valence-electron chi connectivity index (χ3n) is 4.19. The predicted molar refractivity (Wildman–Crippen MR) is 101 cm³/mol. The van der Waals surface area contributed by atoms with E-state index in [2.05, 4.69) is 5.10 Å². The summed E-state index contributed by atoms with van der Waals surface area (Å²) in [5, 5.41) is 4.36. The molecule has 8 heteroatoms. The van der Waals surface area contributed by atoms with E-state index >= 15 is 0 Å². The van der Waals surface area contributed by atoms with Crippen LogP contribution in [0, 0.1) is 0 Å². The molecule has 138 valence electrons. The van der Waals surface area contributed by atoms with Crippen molar-refractivity contribution in [1.29, 1.82) is 0 Å². The number of nitrogens with zero attached hydrogens (tertiary/aromatic N) is 3. The molecule has 1 saturated heterocycles. The first-order chi connectivity index (χ1) is 12.6. The average Bonchev–Trinajstić information content (AvgIpc) is 2.69. The third-order valence-corrected chi connectivity index (χ3v) is 5.14. The first kappa shape index (κ1) is 18.3. The van der Waals surface area contributed by atoms with Crippen LogP contribution in [0.15, 0.2) is 35.1 Å². The highest BCUT2D eigenvalue weighted by atomic mass is 32.2. The number of carbonyl (C=O) groups excluding carboxylic acids is 1. The highest BCUT2D eigenvalue weighted by Gasteiger charge is 2.18. The van der Waals surface area contributed by atoms with Gasteiger partial charge in [-0.1, -0.05) is 0 Å². The van der Waals surface area contributed by atoms with Crippen LogP contribution in [0.1, 0.15) is 0 Å². The van der Waals surface area contributed by atoms with Gasteiger partial charge in [0.1, 0.15) is 6.54 Å². The second kappa shape index (κ2) is 8.27. The van der Waals surface area contributed by atoms with E-state index in [0.29, 0.717) is 30.3 Å². The number of amides is 1. The molecule has 0 N–H and O–H groups in total. The number of methoxy groups -OCH3 is 2. The Hall–Kier alpha value is -2.48. The fourth-order valence-corrected chi connectivity index (χ4v) is 3.66. The molecule has 3 rings (SSSR count). The minimum atomic E-state index is -0.297. The van der Waals surface area contributed by atoms with Crippen LogP contribution < -0.4 is 15.0 Å². The summed E-state index contributed by atoms with van der Waals surface area (Å²) < 4.78 is 11.8. The van der Waals surface area contributed by atoms with Gasteiger partial charge in [-0.15, -0.1) is 0 Å². The van der Waals surface area contributed by atoms with Gasteiger partial charge in [0.2, 0.25) is 5.91 Å². The van der Waals surface area contributed by atoms with Gasteiger partial charge in [-0.2, -0.15) is 16.9 Å². The van der Waals surface area contributed by atoms with Crippen molar-refractivity contribution in [3.63, 3.8) is 0 Å². The zero-order valence-corrected chi connectivity index (χ0v) is 15.6. The maximum Gasteiger partial charge on any atom is 0.267 e. The first-order valence-corrected chi connectivity index (χ1v) is 9.44. The summed E-state index contributed by atoms with van der Waals surface area (Å²) in [5.41, 5.74) is 1.07. The summed E-state index contributed by atoms with van der Waals surface area (Å²) in [5.74, 6) is 2.97. The molecule has 0 radical (unpaired) electrons. The molecule has 26 heavy (non-hydrogen) atoms.